The third-order valence-corrected chi connectivity index (χ3v) is 1.70. The highest BCUT2D eigenvalue weighted by Crippen LogP contribution is 2.16. The van der Waals surface area contributed by atoms with Crippen molar-refractivity contribution in [2.75, 3.05) is 0 Å². The van der Waals surface area contributed by atoms with Crippen LogP contribution in [0, 0.1) is 18.3 Å². The first-order valence-corrected chi connectivity index (χ1v) is 3.74. The second-order valence-electron chi connectivity index (χ2n) is 2.37. The van der Waals surface area contributed by atoms with Crippen LogP contribution in [0.15, 0.2) is 6.07 Å². The van der Waals surface area contributed by atoms with Gasteiger partial charge in [-0.25, -0.2) is 9.78 Å². The van der Waals surface area contributed by atoms with Gasteiger partial charge in [-0.2, -0.15) is 5.26 Å². The van der Waals surface area contributed by atoms with Gasteiger partial charge in [0.05, 0.1) is 16.8 Å². The van der Waals surface area contributed by atoms with Gasteiger partial charge in [0.25, 0.3) is 0 Å². The van der Waals surface area contributed by atoms with Gasteiger partial charge >= 0.3 is 5.97 Å². The molecule has 1 heterocycles. The number of rotatable bonds is 1. The van der Waals surface area contributed by atoms with Crippen molar-refractivity contribution in [3.8, 4) is 6.07 Å². The molecule has 0 amide bonds. The van der Waals surface area contributed by atoms with Crippen LogP contribution in [0.25, 0.3) is 0 Å². The first-order valence-electron chi connectivity index (χ1n) is 3.36. The van der Waals surface area contributed by atoms with Crippen LogP contribution in [0.3, 0.4) is 0 Å². The minimum absolute atomic E-state index is 0.0527. The van der Waals surface area contributed by atoms with E-state index in [1.807, 2.05) is 0 Å². The topological polar surface area (TPSA) is 74.0 Å². The Hall–Kier alpha value is -1.60. The molecule has 0 saturated carbocycles. The third kappa shape index (κ3) is 1.76. The molecule has 0 radical (unpaired) electrons. The number of hydrogen-bond acceptors (Lipinski definition) is 3. The van der Waals surface area contributed by atoms with E-state index >= 15 is 0 Å². The number of aryl methyl sites for hydroxylation is 1. The standard InChI is InChI=1S/C8H5ClN2O2/c1-4-6(3-10)5(8(12)13)2-7(9)11-4/h2H,1H3,(H,12,13). The van der Waals surface area contributed by atoms with Gasteiger partial charge in [0, 0.05) is 0 Å². The zero-order valence-corrected chi connectivity index (χ0v) is 7.46. The van der Waals surface area contributed by atoms with Crippen LogP contribution in [0.4, 0.5) is 0 Å². The van der Waals surface area contributed by atoms with Crippen molar-refractivity contribution in [2.45, 2.75) is 6.92 Å². The third-order valence-electron chi connectivity index (χ3n) is 1.51. The Bertz CT molecular complexity index is 409. The van der Waals surface area contributed by atoms with E-state index in [1.54, 1.807) is 6.07 Å². The molecule has 0 atom stereocenters. The lowest BCUT2D eigenvalue weighted by Gasteiger charge is -2.01. The maximum Gasteiger partial charge on any atom is 0.337 e. The largest absolute Gasteiger partial charge is 0.478 e. The van der Waals surface area contributed by atoms with Crippen LogP contribution >= 0.6 is 11.6 Å². The van der Waals surface area contributed by atoms with Crippen LogP contribution in [0.1, 0.15) is 21.6 Å². The van der Waals surface area contributed by atoms with Crippen molar-refractivity contribution < 1.29 is 9.90 Å². The molecule has 4 nitrogen and oxygen atoms in total. The number of hydrogen-bond donors (Lipinski definition) is 1. The van der Waals surface area contributed by atoms with Crippen LogP contribution in [-0.2, 0) is 0 Å². The number of aromatic carboxylic acids is 1. The zero-order valence-electron chi connectivity index (χ0n) is 6.71. The predicted octanol–water partition coefficient (Wildman–Crippen LogP) is 1.61. The highest BCUT2D eigenvalue weighted by Gasteiger charge is 2.14. The van der Waals surface area contributed by atoms with Gasteiger partial charge in [-0.3, -0.25) is 0 Å². The molecular weight excluding hydrogens is 192 g/mol. The summed E-state index contributed by atoms with van der Waals surface area (Å²) in [4.78, 5) is 14.4. The molecule has 0 spiro atoms. The summed E-state index contributed by atoms with van der Waals surface area (Å²) < 4.78 is 0. The van der Waals surface area contributed by atoms with E-state index in [1.165, 1.54) is 6.92 Å². The van der Waals surface area contributed by atoms with Crippen LogP contribution < -0.4 is 0 Å². The van der Waals surface area contributed by atoms with Gasteiger partial charge in [0.2, 0.25) is 0 Å². The second kappa shape index (κ2) is 3.42. The highest BCUT2D eigenvalue weighted by atomic mass is 35.5. The van der Waals surface area contributed by atoms with Gasteiger partial charge in [-0.05, 0) is 13.0 Å². The van der Waals surface area contributed by atoms with Crippen molar-refractivity contribution in [3.05, 3.63) is 28.0 Å². The predicted molar refractivity (Wildman–Crippen MR) is 45.7 cm³/mol. The lowest BCUT2D eigenvalue weighted by molar-refractivity contribution is 0.0696. The van der Waals surface area contributed by atoms with Crippen LogP contribution in [-0.4, -0.2) is 16.1 Å². The SMILES string of the molecule is Cc1nc(Cl)cc(C(=O)O)c1C#N. The van der Waals surface area contributed by atoms with Gasteiger partial charge < -0.3 is 5.11 Å². The average molecular weight is 197 g/mol. The normalized spacial score (nSPS) is 9.31. The van der Waals surface area contributed by atoms with Gasteiger partial charge in [0.1, 0.15) is 11.2 Å². The molecule has 0 aromatic carbocycles. The van der Waals surface area contributed by atoms with Gasteiger partial charge in [0.15, 0.2) is 0 Å². The zero-order chi connectivity index (χ0) is 10.0. The molecule has 5 heteroatoms. The second-order valence-corrected chi connectivity index (χ2v) is 2.76. The number of halogens is 1. The molecule has 0 aliphatic carbocycles. The molecule has 0 unspecified atom stereocenters. The molecule has 0 fully saturated rings. The summed E-state index contributed by atoms with van der Waals surface area (Å²) in [5.74, 6) is -1.18. The number of carboxylic acid groups (broad SMARTS) is 1. The summed E-state index contributed by atoms with van der Waals surface area (Å²) in [6.45, 7) is 1.54. The molecule has 0 aliphatic heterocycles. The number of pyridine rings is 1. The average Bonchev–Trinajstić information content (AvgIpc) is 2.02. The molecular formula is C8H5ClN2O2. The lowest BCUT2D eigenvalue weighted by Crippen LogP contribution is -2.03. The molecule has 1 N–H and O–H groups in total. The maximum absolute atomic E-state index is 10.6. The van der Waals surface area contributed by atoms with E-state index in [2.05, 4.69) is 4.98 Å². The molecule has 1 rings (SSSR count). The summed E-state index contributed by atoms with van der Waals surface area (Å²) in [7, 11) is 0. The lowest BCUT2D eigenvalue weighted by atomic mass is 10.1. The van der Waals surface area contributed by atoms with E-state index in [4.69, 9.17) is 22.0 Å². The number of carboxylic acids is 1. The number of nitriles is 1. The van der Waals surface area contributed by atoms with Gasteiger partial charge in [-0.15, -0.1) is 0 Å². The Morgan fingerprint density at radius 2 is 2.38 bits per heavy atom. The molecule has 13 heavy (non-hydrogen) atoms. The molecule has 0 aliphatic rings. The molecule has 1 aromatic rings. The van der Waals surface area contributed by atoms with Crippen LogP contribution in [0.5, 0.6) is 0 Å². The Morgan fingerprint density at radius 3 is 2.85 bits per heavy atom. The first-order chi connectivity index (χ1) is 6.06. The Morgan fingerprint density at radius 1 is 1.77 bits per heavy atom. The smallest absolute Gasteiger partial charge is 0.337 e. The van der Waals surface area contributed by atoms with E-state index in [-0.39, 0.29) is 16.3 Å². The fourth-order valence-corrected chi connectivity index (χ4v) is 1.18. The first kappa shape index (κ1) is 9.49. The number of carbonyl (C=O) groups is 1. The van der Waals surface area contributed by atoms with Gasteiger partial charge in [-0.1, -0.05) is 11.6 Å². The summed E-state index contributed by atoms with van der Waals surface area (Å²) in [5, 5.41) is 17.4. The van der Waals surface area contributed by atoms with Crippen molar-refractivity contribution in [2.24, 2.45) is 0 Å². The van der Waals surface area contributed by atoms with Crippen molar-refractivity contribution >= 4 is 17.6 Å². The number of nitrogens with zero attached hydrogens (tertiary/aromatic N) is 2. The quantitative estimate of drug-likeness (QED) is 0.693. The summed E-state index contributed by atoms with van der Waals surface area (Å²) in [5.41, 5.74) is 0.268. The van der Waals surface area contributed by atoms with E-state index < -0.39 is 5.97 Å². The summed E-state index contributed by atoms with van der Waals surface area (Å²) in [6, 6.07) is 2.93. The van der Waals surface area contributed by atoms with Crippen molar-refractivity contribution in [1.29, 1.82) is 5.26 Å². The Kier molecular flexibility index (Phi) is 2.49. The molecule has 66 valence electrons. The summed E-state index contributed by atoms with van der Waals surface area (Å²) in [6.07, 6.45) is 0. The minimum Gasteiger partial charge on any atom is -0.478 e. The monoisotopic (exact) mass is 196 g/mol. The Labute approximate surface area is 79.4 Å². The van der Waals surface area contributed by atoms with E-state index in [0.29, 0.717) is 5.69 Å². The molecule has 1 aromatic heterocycles. The van der Waals surface area contributed by atoms with Crippen molar-refractivity contribution in [3.63, 3.8) is 0 Å². The fraction of sp³-hybridized carbons (Fsp3) is 0.125. The van der Waals surface area contributed by atoms with E-state index in [0.717, 1.165) is 6.07 Å². The fourth-order valence-electron chi connectivity index (χ4n) is 0.944. The number of aromatic nitrogens is 1. The molecule has 0 saturated heterocycles. The molecule has 0 bridgehead atoms. The van der Waals surface area contributed by atoms with Crippen LogP contribution in [0.2, 0.25) is 5.15 Å². The Balaban J connectivity index is 3.50. The van der Waals surface area contributed by atoms with Crippen molar-refractivity contribution in [1.82, 2.24) is 4.98 Å². The minimum atomic E-state index is -1.18. The highest BCUT2D eigenvalue weighted by molar-refractivity contribution is 6.29. The maximum atomic E-state index is 10.6. The summed E-state index contributed by atoms with van der Waals surface area (Å²) >= 11 is 5.54. The van der Waals surface area contributed by atoms with E-state index in [9.17, 15) is 4.79 Å².